The highest BCUT2D eigenvalue weighted by molar-refractivity contribution is 9.10. The number of ether oxygens (including phenoxy) is 1. The van der Waals surface area contributed by atoms with Crippen molar-refractivity contribution < 1.29 is 9.13 Å². The predicted molar refractivity (Wildman–Crippen MR) is 72.1 cm³/mol. The third-order valence-corrected chi connectivity index (χ3v) is 3.50. The summed E-state index contributed by atoms with van der Waals surface area (Å²) in [5, 5.41) is 8.75. The molecule has 0 bridgehead atoms. The summed E-state index contributed by atoms with van der Waals surface area (Å²) in [4.78, 5) is 2.19. The number of halogens is 2. The average molecular weight is 315 g/mol. The lowest BCUT2D eigenvalue weighted by atomic mass is 10.2. The number of nitriles is 1. The monoisotopic (exact) mass is 314 g/mol. The van der Waals surface area contributed by atoms with Crippen molar-refractivity contribution in [1.29, 1.82) is 5.26 Å². The molecule has 0 aliphatic heterocycles. The molecular formula is C13H16BrFN2O. The molecule has 18 heavy (non-hydrogen) atoms. The molecule has 1 aromatic carbocycles. The summed E-state index contributed by atoms with van der Waals surface area (Å²) >= 11 is 3.05. The fraction of sp³-hybridized carbons (Fsp3) is 0.462. The Morgan fingerprint density at radius 1 is 1.39 bits per heavy atom. The normalized spacial score (nSPS) is 10.4. The van der Waals surface area contributed by atoms with Gasteiger partial charge in [0.2, 0.25) is 0 Å². The van der Waals surface area contributed by atoms with Crippen molar-refractivity contribution in [3.8, 4) is 11.8 Å². The molecule has 0 aliphatic rings. The van der Waals surface area contributed by atoms with Gasteiger partial charge >= 0.3 is 0 Å². The Kier molecular flexibility index (Phi) is 6.10. The molecule has 0 aromatic heterocycles. The second-order valence-electron chi connectivity index (χ2n) is 3.73. The molecule has 0 saturated carbocycles. The van der Waals surface area contributed by atoms with Crippen molar-refractivity contribution in [1.82, 2.24) is 4.90 Å². The predicted octanol–water partition coefficient (Wildman–Crippen LogP) is 3.18. The quantitative estimate of drug-likeness (QED) is 0.809. The average Bonchev–Trinajstić information content (AvgIpc) is 2.39. The van der Waals surface area contributed by atoms with E-state index < -0.39 is 5.82 Å². The second kappa shape index (κ2) is 7.34. The Bertz CT molecular complexity index is 441. The van der Waals surface area contributed by atoms with E-state index in [4.69, 9.17) is 10.00 Å². The first-order valence-corrected chi connectivity index (χ1v) is 6.66. The first kappa shape index (κ1) is 14.9. The number of nitrogens with zero attached hydrogens (tertiary/aromatic N) is 2. The van der Waals surface area contributed by atoms with Crippen LogP contribution in [0.25, 0.3) is 0 Å². The van der Waals surface area contributed by atoms with Crippen molar-refractivity contribution in [2.75, 3.05) is 26.2 Å². The highest BCUT2D eigenvalue weighted by atomic mass is 79.9. The van der Waals surface area contributed by atoms with Gasteiger partial charge in [-0.3, -0.25) is 0 Å². The summed E-state index contributed by atoms with van der Waals surface area (Å²) in [6.07, 6.45) is 0. The molecule has 0 saturated heterocycles. The Labute approximate surface area is 115 Å². The summed E-state index contributed by atoms with van der Waals surface area (Å²) in [6.45, 7) is 7.21. The molecule has 0 amide bonds. The lowest BCUT2D eigenvalue weighted by Crippen LogP contribution is -2.28. The van der Waals surface area contributed by atoms with Gasteiger partial charge in [0.25, 0.3) is 0 Å². The standard InChI is InChI=1S/C13H16BrFN2O/c1-3-17(4-2)7-8-18-11-6-5-10(9-16)12(14)13(11)15/h5-6H,3-4,7-8H2,1-2H3. The zero-order valence-electron chi connectivity index (χ0n) is 10.5. The van der Waals surface area contributed by atoms with Crippen LogP contribution in [-0.2, 0) is 0 Å². The highest BCUT2D eigenvalue weighted by Gasteiger charge is 2.12. The molecule has 3 nitrogen and oxygen atoms in total. The van der Waals surface area contributed by atoms with Crippen molar-refractivity contribution >= 4 is 15.9 Å². The molecule has 5 heteroatoms. The molecule has 0 spiro atoms. The van der Waals surface area contributed by atoms with Crippen LogP contribution in [0.3, 0.4) is 0 Å². The number of likely N-dealkylation sites (N-methyl/N-ethyl adjacent to an activating group) is 1. The van der Waals surface area contributed by atoms with Crippen molar-refractivity contribution in [3.63, 3.8) is 0 Å². The van der Waals surface area contributed by atoms with Gasteiger partial charge in [-0.1, -0.05) is 13.8 Å². The van der Waals surface area contributed by atoms with Crippen LogP contribution in [-0.4, -0.2) is 31.1 Å². The van der Waals surface area contributed by atoms with Crippen LogP contribution in [0.2, 0.25) is 0 Å². The van der Waals surface area contributed by atoms with Gasteiger partial charge in [0.15, 0.2) is 11.6 Å². The molecule has 0 N–H and O–H groups in total. The molecule has 0 radical (unpaired) electrons. The minimum Gasteiger partial charge on any atom is -0.489 e. The first-order valence-electron chi connectivity index (χ1n) is 5.87. The van der Waals surface area contributed by atoms with E-state index in [1.54, 1.807) is 6.07 Å². The molecular weight excluding hydrogens is 299 g/mol. The SMILES string of the molecule is CCN(CC)CCOc1ccc(C#N)c(Br)c1F. The third-order valence-electron chi connectivity index (χ3n) is 2.73. The van der Waals surface area contributed by atoms with E-state index in [9.17, 15) is 4.39 Å². The fourth-order valence-corrected chi connectivity index (χ4v) is 1.97. The van der Waals surface area contributed by atoms with Gasteiger partial charge in [-0.05, 0) is 41.2 Å². The molecule has 0 fully saturated rings. The van der Waals surface area contributed by atoms with E-state index in [1.165, 1.54) is 6.07 Å². The van der Waals surface area contributed by atoms with Gasteiger partial charge in [0.1, 0.15) is 12.7 Å². The summed E-state index contributed by atoms with van der Waals surface area (Å²) in [5.74, 6) is -0.346. The smallest absolute Gasteiger partial charge is 0.180 e. The van der Waals surface area contributed by atoms with Crippen LogP contribution in [0.4, 0.5) is 4.39 Å². The van der Waals surface area contributed by atoms with Crippen LogP contribution in [0.15, 0.2) is 16.6 Å². The Hall–Kier alpha value is -1.12. The minimum atomic E-state index is -0.520. The summed E-state index contributed by atoms with van der Waals surface area (Å²) in [5.41, 5.74) is 0.267. The van der Waals surface area contributed by atoms with E-state index in [0.29, 0.717) is 6.61 Å². The summed E-state index contributed by atoms with van der Waals surface area (Å²) < 4.78 is 19.4. The largest absolute Gasteiger partial charge is 0.489 e. The molecule has 0 heterocycles. The molecule has 0 unspecified atom stereocenters. The number of hydrogen-bond acceptors (Lipinski definition) is 3. The van der Waals surface area contributed by atoms with Crippen LogP contribution in [0.1, 0.15) is 19.4 Å². The maximum atomic E-state index is 13.8. The maximum absolute atomic E-state index is 13.8. The molecule has 1 rings (SSSR count). The van der Waals surface area contributed by atoms with E-state index >= 15 is 0 Å². The molecule has 1 aromatic rings. The van der Waals surface area contributed by atoms with Crippen molar-refractivity contribution in [3.05, 3.63) is 28.0 Å². The molecule has 0 atom stereocenters. The van der Waals surface area contributed by atoms with Gasteiger partial charge in [0, 0.05) is 6.54 Å². The van der Waals surface area contributed by atoms with Gasteiger partial charge in [-0.15, -0.1) is 0 Å². The van der Waals surface area contributed by atoms with Crippen LogP contribution in [0.5, 0.6) is 5.75 Å². The van der Waals surface area contributed by atoms with Crippen LogP contribution < -0.4 is 4.74 Å². The van der Waals surface area contributed by atoms with Crippen LogP contribution in [0, 0.1) is 17.1 Å². The Morgan fingerprint density at radius 3 is 2.61 bits per heavy atom. The Morgan fingerprint density at radius 2 is 2.06 bits per heavy atom. The number of hydrogen-bond donors (Lipinski definition) is 0. The van der Waals surface area contributed by atoms with Crippen molar-refractivity contribution in [2.45, 2.75) is 13.8 Å². The van der Waals surface area contributed by atoms with Gasteiger partial charge in [0.05, 0.1) is 10.0 Å². The lowest BCUT2D eigenvalue weighted by molar-refractivity contribution is 0.217. The van der Waals surface area contributed by atoms with Gasteiger partial charge in [-0.25, -0.2) is 4.39 Å². The highest BCUT2D eigenvalue weighted by Crippen LogP contribution is 2.28. The maximum Gasteiger partial charge on any atom is 0.180 e. The van der Waals surface area contributed by atoms with E-state index in [1.807, 2.05) is 6.07 Å². The summed E-state index contributed by atoms with van der Waals surface area (Å²) in [7, 11) is 0. The summed E-state index contributed by atoms with van der Waals surface area (Å²) in [6, 6.07) is 4.93. The zero-order chi connectivity index (χ0) is 13.5. The topological polar surface area (TPSA) is 36.3 Å². The zero-order valence-corrected chi connectivity index (χ0v) is 12.1. The van der Waals surface area contributed by atoms with Gasteiger partial charge in [-0.2, -0.15) is 5.26 Å². The fourth-order valence-electron chi connectivity index (χ4n) is 1.55. The Balaban J connectivity index is 2.64. The molecule has 98 valence electrons. The van der Waals surface area contributed by atoms with Crippen molar-refractivity contribution in [2.24, 2.45) is 0 Å². The minimum absolute atomic E-state index is 0.158. The number of rotatable bonds is 6. The van der Waals surface area contributed by atoms with E-state index in [2.05, 4.69) is 34.7 Å². The van der Waals surface area contributed by atoms with E-state index in [-0.39, 0.29) is 15.8 Å². The third kappa shape index (κ3) is 3.69. The second-order valence-corrected chi connectivity index (χ2v) is 4.52. The lowest BCUT2D eigenvalue weighted by Gasteiger charge is -2.18. The van der Waals surface area contributed by atoms with E-state index in [0.717, 1.165) is 19.6 Å². The van der Waals surface area contributed by atoms with Crippen LogP contribution >= 0.6 is 15.9 Å². The molecule has 0 aliphatic carbocycles. The van der Waals surface area contributed by atoms with Gasteiger partial charge < -0.3 is 9.64 Å². The number of benzene rings is 1. The first-order chi connectivity index (χ1) is 8.63.